The molecule has 0 saturated heterocycles. The average Bonchev–Trinajstić information content (AvgIpc) is 2.54. The highest BCUT2D eigenvalue weighted by molar-refractivity contribution is 14.0. The van der Waals surface area contributed by atoms with E-state index < -0.39 is 0 Å². The number of halogens is 1. The van der Waals surface area contributed by atoms with Gasteiger partial charge in [-0.1, -0.05) is 6.07 Å². The first-order valence-electron chi connectivity index (χ1n) is 7.45. The zero-order valence-electron chi connectivity index (χ0n) is 13.8. The third kappa shape index (κ3) is 10.3. The average molecular weight is 438 g/mol. The van der Waals surface area contributed by atoms with Crippen LogP contribution in [0.1, 0.15) is 18.9 Å². The summed E-state index contributed by atoms with van der Waals surface area (Å²) in [4.78, 5) is 8.49. The van der Waals surface area contributed by atoms with Crippen LogP contribution in [0.15, 0.2) is 23.3 Å². The van der Waals surface area contributed by atoms with Gasteiger partial charge in [-0.25, -0.2) is 9.98 Å². The van der Waals surface area contributed by atoms with Crippen molar-refractivity contribution in [3.63, 3.8) is 0 Å². The van der Waals surface area contributed by atoms with Gasteiger partial charge < -0.3 is 25.3 Å². The van der Waals surface area contributed by atoms with Crippen molar-refractivity contribution >= 4 is 29.9 Å². The summed E-state index contributed by atoms with van der Waals surface area (Å²) in [7, 11) is 1.63. The molecule has 0 saturated carbocycles. The fourth-order valence-corrected chi connectivity index (χ4v) is 1.66. The number of guanidine groups is 1. The molecule has 8 heteroatoms. The van der Waals surface area contributed by atoms with Crippen molar-refractivity contribution in [1.82, 2.24) is 10.3 Å². The molecule has 1 aromatic heterocycles. The van der Waals surface area contributed by atoms with E-state index in [1.807, 2.05) is 19.1 Å². The first kappa shape index (κ1) is 21.9. The Kier molecular flexibility index (Phi) is 13.8. The molecule has 1 heterocycles. The molecule has 0 aliphatic rings. The maximum absolute atomic E-state index is 5.82. The minimum Gasteiger partial charge on any atom is -0.475 e. The first-order valence-corrected chi connectivity index (χ1v) is 7.45. The van der Waals surface area contributed by atoms with Crippen LogP contribution in [0.25, 0.3) is 0 Å². The van der Waals surface area contributed by atoms with Crippen LogP contribution in [-0.2, 0) is 16.0 Å². The van der Waals surface area contributed by atoms with Gasteiger partial charge in [0.15, 0.2) is 5.96 Å². The molecular formula is C15H27IN4O3. The monoisotopic (exact) mass is 438 g/mol. The Hall–Kier alpha value is -1.13. The molecule has 132 valence electrons. The van der Waals surface area contributed by atoms with E-state index in [4.69, 9.17) is 19.9 Å². The van der Waals surface area contributed by atoms with E-state index >= 15 is 0 Å². The molecule has 1 aromatic rings. The largest absolute Gasteiger partial charge is 0.475 e. The molecule has 0 radical (unpaired) electrons. The van der Waals surface area contributed by atoms with Crippen molar-refractivity contribution in [1.29, 1.82) is 0 Å². The minimum absolute atomic E-state index is 0. The summed E-state index contributed by atoms with van der Waals surface area (Å²) >= 11 is 0. The van der Waals surface area contributed by atoms with Gasteiger partial charge in [-0.3, -0.25) is 0 Å². The van der Waals surface area contributed by atoms with Crippen LogP contribution in [0.2, 0.25) is 0 Å². The summed E-state index contributed by atoms with van der Waals surface area (Å²) in [5, 5.41) is 3.05. The standard InChI is InChI=1S/C15H26N4O3.HI/c1-3-21-9-5-8-18-15(16)19-12-13-6-4-7-17-14(13)22-11-10-20-2;/h4,6-7H,3,5,8-12H2,1-2H3,(H3,16,18,19);1H. The van der Waals surface area contributed by atoms with Gasteiger partial charge in [0, 0.05) is 38.6 Å². The number of aromatic nitrogens is 1. The second-order valence-electron chi connectivity index (χ2n) is 4.49. The van der Waals surface area contributed by atoms with Gasteiger partial charge in [0.05, 0.1) is 13.2 Å². The number of hydrogen-bond acceptors (Lipinski definition) is 5. The molecule has 1 rings (SSSR count). The molecule has 3 N–H and O–H groups in total. The molecule has 0 aromatic carbocycles. The predicted octanol–water partition coefficient (Wildman–Crippen LogP) is 1.56. The molecule has 0 unspecified atom stereocenters. The maximum atomic E-state index is 5.82. The molecule has 0 spiro atoms. The summed E-state index contributed by atoms with van der Waals surface area (Å²) in [6, 6.07) is 3.76. The van der Waals surface area contributed by atoms with Crippen LogP contribution >= 0.6 is 24.0 Å². The lowest BCUT2D eigenvalue weighted by atomic mass is 10.3. The summed E-state index contributed by atoms with van der Waals surface area (Å²) in [5.74, 6) is 0.968. The summed E-state index contributed by atoms with van der Waals surface area (Å²) in [6.45, 7) is 5.55. The fraction of sp³-hybridized carbons (Fsp3) is 0.600. The van der Waals surface area contributed by atoms with Gasteiger partial charge >= 0.3 is 0 Å². The Morgan fingerprint density at radius 1 is 1.35 bits per heavy atom. The predicted molar refractivity (Wildman–Crippen MR) is 101 cm³/mol. The topological polar surface area (TPSA) is 91.0 Å². The third-order valence-electron chi connectivity index (χ3n) is 2.77. The molecule has 0 bridgehead atoms. The Bertz CT molecular complexity index is 446. The van der Waals surface area contributed by atoms with Crippen LogP contribution in [-0.4, -0.2) is 51.0 Å². The van der Waals surface area contributed by atoms with Gasteiger partial charge in [-0.15, -0.1) is 24.0 Å². The lowest BCUT2D eigenvalue weighted by molar-refractivity contribution is 0.143. The van der Waals surface area contributed by atoms with Crippen molar-refractivity contribution in [2.75, 3.05) is 40.1 Å². The summed E-state index contributed by atoms with van der Waals surface area (Å²) < 4.78 is 15.8. The van der Waals surface area contributed by atoms with Crippen molar-refractivity contribution in [2.24, 2.45) is 10.7 Å². The second-order valence-corrected chi connectivity index (χ2v) is 4.49. The minimum atomic E-state index is 0. The lowest BCUT2D eigenvalue weighted by Crippen LogP contribution is -2.32. The highest BCUT2D eigenvalue weighted by atomic mass is 127. The van der Waals surface area contributed by atoms with E-state index in [0.717, 1.165) is 31.7 Å². The van der Waals surface area contributed by atoms with Crippen molar-refractivity contribution in [3.8, 4) is 5.88 Å². The molecule has 0 aliphatic carbocycles. The van der Waals surface area contributed by atoms with E-state index in [9.17, 15) is 0 Å². The number of nitrogens with one attached hydrogen (secondary N) is 1. The number of methoxy groups -OCH3 is 1. The number of aliphatic imine (C=N–C) groups is 1. The lowest BCUT2D eigenvalue weighted by Gasteiger charge is -2.09. The first-order chi connectivity index (χ1) is 10.8. The van der Waals surface area contributed by atoms with E-state index in [-0.39, 0.29) is 24.0 Å². The zero-order valence-corrected chi connectivity index (χ0v) is 16.1. The smallest absolute Gasteiger partial charge is 0.218 e. The number of pyridine rings is 1. The third-order valence-corrected chi connectivity index (χ3v) is 2.77. The second kappa shape index (κ2) is 14.5. The molecule has 23 heavy (non-hydrogen) atoms. The van der Waals surface area contributed by atoms with Crippen LogP contribution in [0, 0.1) is 0 Å². The van der Waals surface area contributed by atoms with Crippen LogP contribution < -0.4 is 15.8 Å². The Morgan fingerprint density at radius 3 is 2.91 bits per heavy atom. The number of nitrogens with two attached hydrogens (primary N) is 1. The summed E-state index contributed by atoms with van der Waals surface area (Å²) in [5.41, 5.74) is 6.71. The molecular weight excluding hydrogens is 411 g/mol. The molecule has 0 fully saturated rings. The van der Waals surface area contributed by atoms with E-state index in [1.54, 1.807) is 13.3 Å². The van der Waals surface area contributed by atoms with Crippen LogP contribution in [0.4, 0.5) is 0 Å². The number of rotatable bonds is 11. The van der Waals surface area contributed by atoms with E-state index in [1.165, 1.54) is 0 Å². The van der Waals surface area contributed by atoms with Gasteiger partial charge in [0.25, 0.3) is 0 Å². The van der Waals surface area contributed by atoms with Crippen molar-refractivity contribution in [2.45, 2.75) is 19.9 Å². The Morgan fingerprint density at radius 2 is 2.17 bits per heavy atom. The van der Waals surface area contributed by atoms with E-state index in [0.29, 0.717) is 31.6 Å². The van der Waals surface area contributed by atoms with Crippen LogP contribution in [0.5, 0.6) is 5.88 Å². The molecule has 7 nitrogen and oxygen atoms in total. The summed E-state index contributed by atoms with van der Waals surface area (Å²) in [6.07, 6.45) is 2.58. The van der Waals surface area contributed by atoms with Gasteiger partial charge in [-0.2, -0.15) is 0 Å². The van der Waals surface area contributed by atoms with Crippen LogP contribution in [0.3, 0.4) is 0 Å². The zero-order chi connectivity index (χ0) is 16.0. The Labute approximate surface area is 155 Å². The molecule has 0 atom stereocenters. The fourth-order valence-electron chi connectivity index (χ4n) is 1.66. The van der Waals surface area contributed by atoms with Gasteiger partial charge in [0.2, 0.25) is 5.88 Å². The quantitative estimate of drug-likeness (QED) is 0.236. The Balaban J connectivity index is 0.00000484. The highest BCUT2D eigenvalue weighted by Crippen LogP contribution is 2.15. The van der Waals surface area contributed by atoms with Gasteiger partial charge in [0.1, 0.15) is 6.61 Å². The SMILES string of the molecule is CCOCCCNC(N)=NCc1cccnc1OCCOC.I. The van der Waals surface area contributed by atoms with Crippen molar-refractivity contribution < 1.29 is 14.2 Å². The highest BCUT2D eigenvalue weighted by Gasteiger charge is 2.04. The molecule has 0 amide bonds. The van der Waals surface area contributed by atoms with E-state index in [2.05, 4.69) is 15.3 Å². The maximum Gasteiger partial charge on any atom is 0.218 e. The normalized spacial score (nSPS) is 11.0. The van der Waals surface area contributed by atoms with Gasteiger partial charge in [-0.05, 0) is 19.4 Å². The number of ether oxygens (including phenoxy) is 3. The van der Waals surface area contributed by atoms with Crippen molar-refractivity contribution in [3.05, 3.63) is 23.9 Å². The number of nitrogens with zero attached hydrogens (tertiary/aromatic N) is 2. The molecule has 0 aliphatic heterocycles. The number of hydrogen-bond donors (Lipinski definition) is 2.